The van der Waals surface area contributed by atoms with E-state index in [4.69, 9.17) is 4.74 Å². The van der Waals surface area contributed by atoms with Gasteiger partial charge in [-0.1, -0.05) is 0 Å². The summed E-state index contributed by atoms with van der Waals surface area (Å²) in [6.45, 7) is 9.17. The van der Waals surface area contributed by atoms with Crippen LogP contribution in [-0.4, -0.2) is 26.5 Å². The molecule has 1 N–H and O–H groups in total. The third-order valence-corrected chi connectivity index (χ3v) is 3.07. The molecule has 0 saturated heterocycles. The quantitative estimate of drug-likeness (QED) is 0.927. The molecule has 0 aliphatic heterocycles. The van der Waals surface area contributed by atoms with E-state index in [2.05, 4.69) is 21.5 Å². The van der Waals surface area contributed by atoms with Gasteiger partial charge in [0.25, 0.3) is 0 Å². The van der Waals surface area contributed by atoms with Crippen LogP contribution in [-0.2, 0) is 4.74 Å². The molecular formula is C17H21N5O2. The molecule has 24 heavy (non-hydrogen) atoms. The molecule has 2 aromatic heterocycles. The highest BCUT2D eigenvalue weighted by atomic mass is 16.6. The summed E-state index contributed by atoms with van der Waals surface area (Å²) in [5.74, 6) is 0.320. The zero-order valence-electron chi connectivity index (χ0n) is 14.5. The minimum Gasteiger partial charge on any atom is -0.444 e. The Bertz CT molecular complexity index is 767. The monoisotopic (exact) mass is 327 g/mol. The molecule has 7 nitrogen and oxygen atoms in total. The van der Waals surface area contributed by atoms with Gasteiger partial charge in [-0.05, 0) is 46.8 Å². The number of aromatic nitrogens is 3. The first-order valence-corrected chi connectivity index (χ1v) is 7.66. The number of nitrogens with one attached hydrogen (secondary N) is 1. The second-order valence-electron chi connectivity index (χ2n) is 6.59. The molecule has 0 aliphatic carbocycles. The molecule has 126 valence electrons. The fraction of sp³-hybridized carbons (Fsp3) is 0.412. The number of hydrogen-bond donors (Lipinski definition) is 1. The number of carbonyl (C=O) groups is 1. The number of nitriles is 1. The molecular weight excluding hydrogens is 306 g/mol. The minimum atomic E-state index is -0.633. The van der Waals surface area contributed by atoms with Crippen molar-refractivity contribution < 1.29 is 9.53 Å². The predicted molar refractivity (Wildman–Crippen MR) is 90.4 cm³/mol. The number of rotatable bonds is 3. The van der Waals surface area contributed by atoms with Gasteiger partial charge in [0.2, 0.25) is 0 Å². The highest BCUT2D eigenvalue weighted by molar-refractivity contribution is 5.88. The summed E-state index contributed by atoms with van der Waals surface area (Å²) in [6, 6.07) is 5.66. The fourth-order valence-corrected chi connectivity index (χ4v) is 2.14. The van der Waals surface area contributed by atoms with E-state index >= 15 is 0 Å². The van der Waals surface area contributed by atoms with Crippen LogP contribution in [0.3, 0.4) is 0 Å². The molecule has 2 aromatic rings. The second-order valence-corrected chi connectivity index (χ2v) is 6.59. The Morgan fingerprint density at radius 3 is 2.62 bits per heavy atom. The summed E-state index contributed by atoms with van der Waals surface area (Å²) in [5, 5.41) is 16.7. The molecule has 0 aliphatic rings. The van der Waals surface area contributed by atoms with Crippen LogP contribution in [0, 0.1) is 11.3 Å². The number of hydrogen-bond acceptors (Lipinski definition) is 5. The Hall–Kier alpha value is -2.88. The summed E-state index contributed by atoms with van der Waals surface area (Å²) in [6.07, 6.45) is 2.65. The summed E-state index contributed by atoms with van der Waals surface area (Å²) in [5.41, 5.74) is 0.833. The van der Waals surface area contributed by atoms with Crippen molar-refractivity contribution >= 4 is 11.9 Å². The molecule has 0 fully saturated rings. The van der Waals surface area contributed by atoms with Crippen molar-refractivity contribution in [3.05, 3.63) is 30.1 Å². The van der Waals surface area contributed by atoms with Crippen molar-refractivity contribution in [1.29, 1.82) is 5.26 Å². The van der Waals surface area contributed by atoms with E-state index in [-0.39, 0.29) is 11.6 Å². The highest BCUT2D eigenvalue weighted by Gasteiger charge is 2.24. The van der Waals surface area contributed by atoms with Gasteiger partial charge >= 0.3 is 6.09 Å². The minimum absolute atomic E-state index is 0.0486. The molecule has 7 heteroatoms. The molecule has 2 heterocycles. The number of anilines is 1. The first-order valence-electron chi connectivity index (χ1n) is 7.66. The number of amides is 1. The van der Waals surface area contributed by atoms with E-state index in [0.29, 0.717) is 17.1 Å². The van der Waals surface area contributed by atoms with E-state index < -0.39 is 11.7 Å². The van der Waals surface area contributed by atoms with Crippen LogP contribution in [0.4, 0.5) is 10.6 Å². The lowest BCUT2D eigenvalue weighted by molar-refractivity contribution is 0.0634. The van der Waals surface area contributed by atoms with Crippen molar-refractivity contribution in [3.8, 4) is 17.3 Å². The van der Waals surface area contributed by atoms with Gasteiger partial charge in [0.1, 0.15) is 22.9 Å². The number of pyridine rings is 1. The van der Waals surface area contributed by atoms with Gasteiger partial charge in [-0.3, -0.25) is 10.3 Å². The first kappa shape index (κ1) is 17.5. The molecule has 0 unspecified atom stereocenters. The second kappa shape index (κ2) is 6.71. The van der Waals surface area contributed by atoms with E-state index in [0.717, 1.165) is 0 Å². The Morgan fingerprint density at radius 2 is 2.12 bits per heavy atom. The smallest absolute Gasteiger partial charge is 0.413 e. The lowest BCUT2D eigenvalue weighted by Gasteiger charge is -2.20. The standard InChI is InChI=1S/C17H21N5O2/c1-11(2)22-15(20-16(23)24-17(3,4)5)13(9-18)14(21-22)12-7-6-8-19-10-12/h6-8,10-11H,1-5H3,(H,20,23). The Balaban J connectivity index is 2.48. The maximum absolute atomic E-state index is 12.1. The van der Waals surface area contributed by atoms with Crippen molar-refractivity contribution in [1.82, 2.24) is 14.8 Å². The normalized spacial score (nSPS) is 11.2. The van der Waals surface area contributed by atoms with Crippen molar-refractivity contribution in [2.24, 2.45) is 0 Å². The zero-order chi connectivity index (χ0) is 17.9. The lowest BCUT2D eigenvalue weighted by atomic mass is 10.1. The summed E-state index contributed by atoms with van der Waals surface area (Å²) >= 11 is 0. The van der Waals surface area contributed by atoms with E-state index in [1.54, 1.807) is 43.9 Å². The maximum atomic E-state index is 12.1. The average Bonchev–Trinajstić information content (AvgIpc) is 2.84. The molecule has 0 bridgehead atoms. The Morgan fingerprint density at radius 1 is 1.42 bits per heavy atom. The van der Waals surface area contributed by atoms with Gasteiger partial charge in [0, 0.05) is 24.0 Å². The molecule has 0 radical (unpaired) electrons. The van der Waals surface area contributed by atoms with Crippen LogP contribution in [0.25, 0.3) is 11.3 Å². The molecule has 0 saturated carbocycles. The number of ether oxygens (including phenoxy) is 1. The van der Waals surface area contributed by atoms with E-state index in [1.165, 1.54) is 0 Å². The van der Waals surface area contributed by atoms with Crippen LogP contribution in [0.15, 0.2) is 24.5 Å². The summed E-state index contributed by atoms with van der Waals surface area (Å²) < 4.78 is 6.88. The van der Waals surface area contributed by atoms with Gasteiger partial charge in [-0.25, -0.2) is 9.48 Å². The van der Waals surface area contributed by atoms with Gasteiger partial charge in [-0.2, -0.15) is 10.4 Å². The summed E-state index contributed by atoms with van der Waals surface area (Å²) in [4.78, 5) is 16.2. The third kappa shape index (κ3) is 3.90. The average molecular weight is 327 g/mol. The lowest BCUT2D eigenvalue weighted by Crippen LogP contribution is -2.28. The maximum Gasteiger partial charge on any atom is 0.413 e. The number of carbonyl (C=O) groups excluding carboxylic acids is 1. The SMILES string of the molecule is CC(C)n1nc(-c2cccnc2)c(C#N)c1NC(=O)OC(C)(C)C. The van der Waals surface area contributed by atoms with Crippen molar-refractivity contribution in [2.75, 3.05) is 5.32 Å². The van der Waals surface area contributed by atoms with E-state index in [9.17, 15) is 10.1 Å². The molecule has 0 spiro atoms. The van der Waals surface area contributed by atoms with Crippen LogP contribution >= 0.6 is 0 Å². The molecule has 0 aromatic carbocycles. The van der Waals surface area contributed by atoms with Crippen LogP contribution in [0.5, 0.6) is 0 Å². The van der Waals surface area contributed by atoms with Crippen molar-refractivity contribution in [2.45, 2.75) is 46.3 Å². The number of nitrogens with zero attached hydrogens (tertiary/aromatic N) is 4. The van der Waals surface area contributed by atoms with Gasteiger partial charge in [-0.15, -0.1) is 0 Å². The van der Waals surface area contributed by atoms with Crippen LogP contribution in [0.2, 0.25) is 0 Å². The fourth-order valence-electron chi connectivity index (χ4n) is 2.14. The topological polar surface area (TPSA) is 92.8 Å². The van der Waals surface area contributed by atoms with Gasteiger partial charge in [0.15, 0.2) is 5.82 Å². The molecule has 0 atom stereocenters. The first-order chi connectivity index (χ1) is 11.2. The Kier molecular flexibility index (Phi) is 4.88. The summed E-state index contributed by atoms with van der Waals surface area (Å²) in [7, 11) is 0. The van der Waals surface area contributed by atoms with Crippen LogP contribution in [0.1, 0.15) is 46.2 Å². The van der Waals surface area contributed by atoms with E-state index in [1.807, 2.05) is 19.9 Å². The predicted octanol–water partition coefficient (Wildman–Crippen LogP) is 3.74. The highest BCUT2D eigenvalue weighted by Crippen LogP contribution is 2.30. The van der Waals surface area contributed by atoms with Gasteiger partial charge in [0.05, 0.1) is 0 Å². The largest absolute Gasteiger partial charge is 0.444 e. The Labute approximate surface area is 141 Å². The van der Waals surface area contributed by atoms with Crippen molar-refractivity contribution in [3.63, 3.8) is 0 Å². The molecule has 1 amide bonds. The van der Waals surface area contributed by atoms with Gasteiger partial charge < -0.3 is 4.74 Å². The molecule has 2 rings (SSSR count). The third-order valence-electron chi connectivity index (χ3n) is 3.07. The zero-order valence-corrected chi connectivity index (χ0v) is 14.5. The van der Waals surface area contributed by atoms with Crippen LogP contribution < -0.4 is 5.32 Å².